The minimum atomic E-state index is -0.452. The standard InChI is InChI=1S/C16H25NO2S/c1-2-13-5-3-7-16(9-13)19-11-15(18)10-17-14-6-4-8-20-12-14/h3,5,7,9,14-15,17-18H,2,4,6,8,10-12H2,1H3. The molecule has 3 nitrogen and oxygen atoms in total. The second-order valence-corrected chi connectivity index (χ2v) is 6.44. The van der Waals surface area contributed by atoms with Crippen LogP contribution in [0.5, 0.6) is 5.75 Å². The molecule has 1 aliphatic rings. The number of nitrogens with one attached hydrogen (secondary N) is 1. The number of aliphatic hydroxyl groups excluding tert-OH is 1. The van der Waals surface area contributed by atoms with E-state index in [2.05, 4.69) is 18.3 Å². The predicted octanol–water partition coefficient (Wildman–Crippen LogP) is 2.47. The van der Waals surface area contributed by atoms with Crippen molar-refractivity contribution in [1.29, 1.82) is 0 Å². The van der Waals surface area contributed by atoms with Crippen molar-refractivity contribution in [1.82, 2.24) is 5.32 Å². The predicted molar refractivity (Wildman–Crippen MR) is 85.7 cm³/mol. The van der Waals surface area contributed by atoms with Gasteiger partial charge in [-0.15, -0.1) is 0 Å². The van der Waals surface area contributed by atoms with Crippen molar-refractivity contribution in [2.75, 3.05) is 24.7 Å². The van der Waals surface area contributed by atoms with E-state index in [0.29, 0.717) is 19.2 Å². The Kier molecular flexibility index (Phi) is 6.70. The zero-order chi connectivity index (χ0) is 14.2. The first kappa shape index (κ1) is 15.7. The summed E-state index contributed by atoms with van der Waals surface area (Å²) in [5, 5.41) is 13.4. The minimum absolute atomic E-state index is 0.347. The van der Waals surface area contributed by atoms with E-state index < -0.39 is 6.10 Å². The van der Waals surface area contributed by atoms with Crippen molar-refractivity contribution in [3.63, 3.8) is 0 Å². The van der Waals surface area contributed by atoms with Crippen LogP contribution in [-0.2, 0) is 6.42 Å². The van der Waals surface area contributed by atoms with Crippen molar-refractivity contribution >= 4 is 11.8 Å². The van der Waals surface area contributed by atoms with Crippen molar-refractivity contribution in [2.45, 2.75) is 38.3 Å². The molecule has 20 heavy (non-hydrogen) atoms. The fourth-order valence-corrected chi connectivity index (χ4v) is 3.42. The zero-order valence-corrected chi connectivity index (χ0v) is 13.0. The molecule has 1 saturated heterocycles. The minimum Gasteiger partial charge on any atom is -0.491 e. The van der Waals surface area contributed by atoms with E-state index in [0.717, 1.165) is 17.9 Å². The average molecular weight is 295 g/mol. The number of benzene rings is 1. The van der Waals surface area contributed by atoms with Gasteiger partial charge in [0.2, 0.25) is 0 Å². The van der Waals surface area contributed by atoms with Gasteiger partial charge >= 0.3 is 0 Å². The topological polar surface area (TPSA) is 41.5 Å². The van der Waals surface area contributed by atoms with Crippen LogP contribution in [-0.4, -0.2) is 41.9 Å². The lowest BCUT2D eigenvalue weighted by Crippen LogP contribution is -2.40. The van der Waals surface area contributed by atoms with Gasteiger partial charge < -0.3 is 15.2 Å². The van der Waals surface area contributed by atoms with Crippen LogP contribution in [0.25, 0.3) is 0 Å². The lowest BCUT2D eigenvalue weighted by molar-refractivity contribution is 0.104. The number of aryl methyl sites for hydroxylation is 1. The van der Waals surface area contributed by atoms with E-state index >= 15 is 0 Å². The van der Waals surface area contributed by atoms with Gasteiger partial charge in [0, 0.05) is 18.3 Å². The third-order valence-electron chi connectivity index (χ3n) is 3.55. The highest BCUT2D eigenvalue weighted by atomic mass is 32.2. The first-order valence-corrected chi connectivity index (χ1v) is 8.64. The molecule has 4 heteroatoms. The molecule has 2 unspecified atom stereocenters. The molecule has 0 aromatic heterocycles. The van der Waals surface area contributed by atoms with E-state index in [1.54, 1.807) is 0 Å². The smallest absolute Gasteiger partial charge is 0.119 e. The van der Waals surface area contributed by atoms with Crippen LogP contribution in [0.2, 0.25) is 0 Å². The maximum absolute atomic E-state index is 9.97. The second-order valence-electron chi connectivity index (χ2n) is 5.29. The highest BCUT2D eigenvalue weighted by Crippen LogP contribution is 2.17. The molecule has 112 valence electrons. The maximum atomic E-state index is 9.97. The molecule has 1 aliphatic heterocycles. The summed E-state index contributed by atoms with van der Waals surface area (Å²) in [6.07, 6.45) is 3.05. The Morgan fingerprint density at radius 1 is 1.50 bits per heavy atom. The van der Waals surface area contributed by atoms with Crippen molar-refractivity contribution < 1.29 is 9.84 Å². The van der Waals surface area contributed by atoms with Crippen LogP contribution >= 0.6 is 11.8 Å². The Balaban J connectivity index is 1.67. The molecule has 0 spiro atoms. The van der Waals surface area contributed by atoms with Gasteiger partial charge in [0.25, 0.3) is 0 Å². The maximum Gasteiger partial charge on any atom is 0.119 e. The summed E-state index contributed by atoms with van der Waals surface area (Å²) in [6, 6.07) is 8.62. The van der Waals surface area contributed by atoms with Crippen molar-refractivity contribution in [2.24, 2.45) is 0 Å². The molecule has 1 aromatic rings. The summed E-state index contributed by atoms with van der Waals surface area (Å²) in [5.41, 5.74) is 1.26. The van der Waals surface area contributed by atoms with Gasteiger partial charge in [0.15, 0.2) is 0 Å². The van der Waals surface area contributed by atoms with E-state index in [1.165, 1.54) is 24.2 Å². The molecule has 1 fully saturated rings. The van der Waals surface area contributed by atoms with Crippen LogP contribution in [0, 0.1) is 0 Å². The van der Waals surface area contributed by atoms with Crippen LogP contribution in [0.3, 0.4) is 0 Å². The molecular weight excluding hydrogens is 270 g/mol. The average Bonchev–Trinajstić information content (AvgIpc) is 2.52. The molecule has 0 radical (unpaired) electrons. The fourth-order valence-electron chi connectivity index (χ4n) is 2.31. The molecule has 1 aromatic carbocycles. The molecule has 0 saturated carbocycles. The van der Waals surface area contributed by atoms with E-state index in [9.17, 15) is 5.11 Å². The molecule has 1 heterocycles. The first-order valence-electron chi connectivity index (χ1n) is 7.49. The third kappa shape index (κ3) is 5.35. The number of hydrogen-bond acceptors (Lipinski definition) is 4. The quantitative estimate of drug-likeness (QED) is 0.811. The number of hydrogen-bond donors (Lipinski definition) is 2. The largest absolute Gasteiger partial charge is 0.491 e. The molecule has 0 aliphatic carbocycles. The Morgan fingerprint density at radius 3 is 3.15 bits per heavy atom. The number of thioether (sulfide) groups is 1. The van der Waals surface area contributed by atoms with Crippen LogP contribution in [0.1, 0.15) is 25.3 Å². The number of ether oxygens (including phenoxy) is 1. The van der Waals surface area contributed by atoms with Gasteiger partial charge in [-0.25, -0.2) is 0 Å². The van der Waals surface area contributed by atoms with Gasteiger partial charge in [-0.1, -0.05) is 19.1 Å². The van der Waals surface area contributed by atoms with Crippen LogP contribution in [0.4, 0.5) is 0 Å². The van der Waals surface area contributed by atoms with Gasteiger partial charge in [-0.05, 0) is 42.7 Å². The second kappa shape index (κ2) is 8.55. The molecule has 2 rings (SSSR count). The normalized spacial score (nSPS) is 20.6. The van der Waals surface area contributed by atoms with E-state index in [4.69, 9.17) is 4.74 Å². The Hall–Kier alpha value is -0.710. The van der Waals surface area contributed by atoms with Gasteiger partial charge in [0.05, 0.1) is 0 Å². The van der Waals surface area contributed by atoms with Crippen molar-refractivity contribution in [3.8, 4) is 5.75 Å². The van der Waals surface area contributed by atoms with Gasteiger partial charge in [-0.3, -0.25) is 0 Å². The number of rotatable bonds is 7. The highest BCUT2D eigenvalue weighted by molar-refractivity contribution is 7.99. The summed E-state index contributed by atoms with van der Waals surface area (Å²) < 4.78 is 5.65. The zero-order valence-electron chi connectivity index (χ0n) is 12.2. The Morgan fingerprint density at radius 2 is 2.40 bits per heavy atom. The third-order valence-corrected chi connectivity index (χ3v) is 4.77. The first-order chi connectivity index (χ1) is 9.78. The van der Waals surface area contributed by atoms with E-state index in [-0.39, 0.29) is 0 Å². The monoisotopic (exact) mass is 295 g/mol. The van der Waals surface area contributed by atoms with Gasteiger partial charge in [-0.2, -0.15) is 11.8 Å². The van der Waals surface area contributed by atoms with Crippen LogP contribution < -0.4 is 10.1 Å². The highest BCUT2D eigenvalue weighted by Gasteiger charge is 2.14. The lowest BCUT2D eigenvalue weighted by Gasteiger charge is -2.24. The van der Waals surface area contributed by atoms with Crippen LogP contribution in [0.15, 0.2) is 24.3 Å². The summed E-state index contributed by atoms with van der Waals surface area (Å²) in [4.78, 5) is 0. The SMILES string of the molecule is CCc1cccc(OCC(O)CNC2CCCSC2)c1. The molecule has 0 bridgehead atoms. The summed E-state index contributed by atoms with van der Waals surface area (Å²) in [7, 11) is 0. The fraction of sp³-hybridized carbons (Fsp3) is 0.625. The molecule has 2 atom stereocenters. The Labute approximate surface area is 126 Å². The van der Waals surface area contributed by atoms with E-state index in [1.807, 2.05) is 30.0 Å². The molecular formula is C16H25NO2S. The molecule has 0 amide bonds. The molecule has 2 N–H and O–H groups in total. The summed E-state index contributed by atoms with van der Waals surface area (Å²) >= 11 is 1.99. The lowest BCUT2D eigenvalue weighted by atomic mass is 10.1. The Bertz CT molecular complexity index is 394. The van der Waals surface area contributed by atoms with Crippen molar-refractivity contribution in [3.05, 3.63) is 29.8 Å². The summed E-state index contributed by atoms with van der Waals surface area (Å²) in [5.74, 6) is 3.28. The number of aliphatic hydroxyl groups is 1. The van der Waals surface area contributed by atoms with Gasteiger partial charge in [0.1, 0.15) is 18.5 Å². The summed E-state index contributed by atoms with van der Waals surface area (Å²) in [6.45, 7) is 3.08.